The second-order valence-electron chi connectivity index (χ2n) is 3.69. The van der Waals surface area contributed by atoms with Gasteiger partial charge in [0.2, 0.25) is 0 Å². The maximum atomic E-state index is 5.85. The number of aliphatic imine (C=N–C) groups is 1. The van der Waals surface area contributed by atoms with Crippen LogP contribution in [0.25, 0.3) is 0 Å². The van der Waals surface area contributed by atoms with Crippen LogP contribution in [0, 0.1) is 0 Å². The van der Waals surface area contributed by atoms with Crippen LogP contribution in [0.4, 0.5) is 5.69 Å². The molecule has 0 saturated heterocycles. The third kappa shape index (κ3) is 3.79. The van der Waals surface area contributed by atoms with Gasteiger partial charge in [-0.15, -0.1) is 11.8 Å². The lowest BCUT2D eigenvalue weighted by Gasteiger charge is -2.03. The SMILES string of the molecule is NC=Nc1cccc(SCc2ccc(Cl)cc2)c1. The summed E-state index contributed by atoms with van der Waals surface area (Å²) in [6.45, 7) is 0. The van der Waals surface area contributed by atoms with E-state index in [1.807, 2.05) is 42.5 Å². The maximum absolute atomic E-state index is 5.85. The molecular formula is C14H13ClN2S. The van der Waals surface area contributed by atoms with Gasteiger partial charge in [-0.1, -0.05) is 29.8 Å². The zero-order valence-electron chi connectivity index (χ0n) is 9.71. The number of hydrogen-bond donors (Lipinski definition) is 1. The Hall–Kier alpha value is -1.45. The molecule has 0 unspecified atom stereocenters. The Morgan fingerprint density at radius 1 is 1.17 bits per heavy atom. The summed E-state index contributed by atoms with van der Waals surface area (Å²) in [5.41, 5.74) is 7.40. The van der Waals surface area contributed by atoms with Crippen molar-refractivity contribution in [3.8, 4) is 0 Å². The van der Waals surface area contributed by atoms with Gasteiger partial charge in [0.15, 0.2) is 0 Å². The van der Waals surface area contributed by atoms with Gasteiger partial charge < -0.3 is 5.73 Å². The summed E-state index contributed by atoms with van der Waals surface area (Å²) in [6.07, 6.45) is 1.31. The molecule has 0 radical (unpaired) electrons. The predicted octanol–water partition coefficient (Wildman–Crippen LogP) is 4.25. The lowest BCUT2D eigenvalue weighted by molar-refractivity contribution is 1.37. The first-order valence-corrected chi connectivity index (χ1v) is 6.86. The minimum absolute atomic E-state index is 0.767. The number of nitrogens with zero attached hydrogens (tertiary/aromatic N) is 1. The number of rotatable bonds is 4. The van der Waals surface area contributed by atoms with Gasteiger partial charge in [0, 0.05) is 15.7 Å². The summed E-state index contributed by atoms with van der Waals surface area (Å²) in [5.74, 6) is 0.910. The predicted molar refractivity (Wildman–Crippen MR) is 79.8 cm³/mol. The van der Waals surface area contributed by atoms with Crippen LogP contribution in [0.1, 0.15) is 5.56 Å². The second kappa shape index (κ2) is 6.47. The van der Waals surface area contributed by atoms with E-state index in [-0.39, 0.29) is 0 Å². The van der Waals surface area contributed by atoms with Crippen molar-refractivity contribution >= 4 is 35.4 Å². The van der Waals surface area contributed by atoms with Crippen LogP contribution < -0.4 is 5.73 Å². The lowest BCUT2D eigenvalue weighted by atomic mass is 10.2. The summed E-state index contributed by atoms with van der Waals surface area (Å²) in [7, 11) is 0. The molecule has 2 rings (SSSR count). The molecule has 0 bridgehead atoms. The minimum atomic E-state index is 0.767. The Bertz CT molecular complexity index is 538. The molecule has 0 fully saturated rings. The zero-order valence-corrected chi connectivity index (χ0v) is 11.3. The number of halogens is 1. The topological polar surface area (TPSA) is 38.4 Å². The standard InChI is InChI=1S/C14H13ClN2S/c15-12-6-4-11(5-7-12)9-18-14-3-1-2-13(8-14)17-10-16/h1-8,10H,9H2,(H2,16,17). The van der Waals surface area contributed by atoms with Crippen molar-refractivity contribution < 1.29 is 0 Å². The monoisotopic (exact) mass is 276 g/mol. The fourth-order valence-corrected chi connectivity index (χ4v) is 2.52. The van der Waals surface area contributed by atoms with Crippen molar-refractivity contribution in [2.24, 2.45) is 10.7 Å². The van der Waals surface area contributed by atoms with Gasteiger partial charge in [0.25, 0.3) is 0 Å². The van der Waals surface area contributed by atoms with E-state index in [1.54, 1.807) is 11.8 Å². The first-order chi connectivity index (χ1) is 8.78. The summed E-state index contributed by atoms with van der Waals surface area (Å²) < 4.78 is 0. The van der Waals surface area contributed by atoms with Crippen molar-refractivity contribution in [2.75, 3.05) is 0 Å². The Balaban J connectivity index is 2.01. The number of thioether (sulfide) groups is 1. The molecule has 0 spiro atoms. The van der Waals surface area contributed by atoms with E-state index in [0.717, 1.165) is 16.5 Å². The van der Waals surface area contributed by atoms with Gasteiger partial charge in [-0.05, 0) is 35.9 Å². The average molecular weight is 277 g/mol. The van der Waals surface area contributed by atoms with Gasteiger partial charge in [-0.3, -0.25) is 0 Å². The maximum Gasteiger partial charge on any atom is 0.0860 e. The van der Waals surface area contributed by atoms with E-state index in [9.17, 15) is 0 Å². The highest BCUT2D eigenvalue weighted by molar-refractivity contribution is 7.98. The smallest absolute Gasteiger partial charge is 0.0860 e. The van der Waals surface area contributed by atoms with Gasteiger partial charge in [-0.2, -0.15) is 0 Å². The quantitative estimate of drug-likeness (QED) is 0.515. The van der Waals surface area contributed by atoms with Crippen LogP contribution in [-0.2, 0) is 5.75 Å². The third-order valence-electron chi connectivity index (χ3n) is 2.36. The number of hydrogen-bond acceptors (Lipinski definition) is 2. The number of benzene rings is 2. The molecule has 2 nitrogen and oxygen atoms in total. The fraction of sp³-hybridized carbons (Fsp3) is 0.0714. The molecule has 2 aromatic rings. The molecule has 4 heteroatoms. The van der Waals surface area contributed by atoms with Crippen LogP contribution >= 0.6 is 23.4 Å². The van der Waals surface area contributed by atoms with Crippen LogP contribution in [-0.4, -0.2) is 6.34 Å². The molecule has 2 N–H and O–H groups in total. The zero-order chi connectivity index (χ0) is 12.8. The summed E-state index contributed by atoms with van der Waals surface area (Å²) in [6, 6.07) is 15.9. The third-order valence-corrected chi connectivity index (χ3v) is 3.68. The van der Waals surface area contributed by atoms with Crippen molar-refractivity contribution in [3.63, 3.8) is 0 Å². The molecule has 0 atom stereocenters. The Morgan fingerprint density at radius 3 is 2.67 bits per heavy atom. The molecule has 18 heavy (non-hydrogen) atoms. The minimum Gasteiger partial charge on any atom is -0.390 e. The van der Waals surface area contributed by atoms with Crippen molar-refractivity contribution in [1.82, 2.24) is 0 Å². The highest BCUT2D eigenvalue weighted by Gasteiger charge is 1.98. The van der Waals surface area contributed by atoms with Gasteiger partial charge in [0.1, 0.15) is 0 Å². The highest BCUT2D eigenvalue weighted by Crippen LogP contribution is 2.26. The van der Waals surface area contributed by atoms with Gasteiger partial charge >= 0.3 is 0 Å². The van der Waals surface area contributed by atoms with E-state index < -0.39 is 0 Å². The van der Waals surface area contributed by atoms with E-state index >= 15 is 0 Å². The van der Waals surface area contributed by atoms with Crippen LogP contribution in [0.3, 0.4) is 0 Å². The summed E-state index contributed by atoms with van der Waals surface area (Å²) >= 11 is 7.61. The summed E-state index contributed by atoms with van der Waals surface area (Å²) in [4.78, 5) is 5.23. The lowest BCUT2D eigenvalue weighted by Crippen LogP contribution is -1.86. The van der Waals surface area contributed by atoms with Crippen LogP contribution in [0.2, 0.25) is 5.02 Å². The van der Waals surface area contributed by atoms with Crippen LogP contribution in [0.5, 0.6) is 0 Å². The highest BCUT2D eigenvalue weighted by atomic mass is 35.5. The van der Waals surface area contributed by atoms with Crippen molar-refractivity contribution in [3.05, 3.63) is 59.1 Å². The molecule has 0 amide bonds. The first-order valence-electron chi connectivity index (χ1n) is 5.49. The molecule has 0 saturated carbocycles. The Kier molecular flexibility index (Phi) is 4.67. The van der Waals surface area contributed by atoms with Crippen LogP contribution in [0.15, 0.2) is 58.4 Å². The van der Waals surface area contributed by atoms with E-state index in [4.69, 9.17) is 17.3 Å². The second-order valence-corrected chi connectivity index (χ2v) is 5.18. The molecule has 2 aromatic carbocycles. The average Bonchev–Trinajstić information content (AvgIpc) is 2.39. The van der Waals surface area contributed by atoms with E-state index in [2.05, 4.69) is 11.1 Å². The van der Waals surface area contributed by atoms with Crippen molar-refractivity contribution in [2.45, 2.75) is 10.6 Å². The van der Waals surface area contributed by atoms with E-state index in [1.165, 1.54) is 16.8 Å². The Morgan fingerprint density at radius 2 is 1.94 bits per heavy atom. The molecule has 0 aliphatic carbocycles. The molecule has 0 heterocycles. The first kappa shape index (κ1) is 13.0. The normalized spacial score (nSPS) is 10.9. The molecule has 92 valence electrons. The van der Waals surface area contributed by atoms with Crippen molar-refractivity contribution in [1.29, 1.82) is 0 Å². The fourth-order valence-electron chi connectivity index (χ4n) is 1.49. The van der Waals surface area contributed by atoms with Gasteiger partial charge in [-0.25, -0.2) is 4.99 Å². The largest absolute Gasteiger partial charge is 0.390 e. The Labute approximate surface area is 116 Å². The summed E-state index contributed by atoms with van der Waals surface area (Å²) in [5, 5.41) is 0.767. The molecular weight excluding hydrogens is 264 g/mol. The number of nitrogens with two attached hydrogens (primary N) is 1. The molecule has 0 aromatic heterocycles. The molecule has 0 aliphatic heterocycles. The van der Waals surface area contributed by atoms with Gasteiger partial charge in [0.05, 0.1) is 12.0 Å². The van der Waals surface area contributed by atoms with E-state index in [0.29, 0.717) is 0 Å². The molecule has 0 aliphatic rings.